The van der Waals surface area contributed by atoms with Crippen LogP contribution >= 0.6 is 0 Å². The topological polar surface area (TPSA) is 132 Å². The van der Waals surface area contributed by atoms with E-state index < -0.39 is 18.2 Å². The van der Waals surface area contributed by atoms with Gasteiger partial charge in [0.05, 0.1) is 26.9 Å². The number of hydrogen-bond acceptors (Lipinski definition) is 7. The highest BCUT2D eigenvalue weighted by Gasteiger charge is 2.16. The molecule has 0 aliphatic rings. The first-order valence-corrected chi connectivity index (χ1v) is 8.74. The third kappa shape index (κ3) is 18.2. The Kier molecular flexibility index (Phi) is 18.3. The maximum absolute atomic E-state index is 11.3. The van der Waals surface area contributed by atoms with Gasteiger partial charge in [0.1, 0.15) is 0 Å². The number of carbonyl (C=O) groups is 4. The maximum Gasteiger partial charge on any atom is 0.407 e. The summed E-state index contributed by atoms with van der Waals surface area (Å²) in [5.41, 5.74) is 0. The van der Waals surface area contributed by atoms with Crippen LogP contribution in [-0.4, -0.2) is 70.9 Å². The van der Waals surface area contributed by atoms with E-state index in [2.05, 4.69) is 25.4 Å². The van der Waals surface area contributed by atoms with Crippen LogP contribution in [0, 0.1) is 0 Å². The Hall–Kier alpha value is -2.36. The molecule has 0 bridgehead atoms. The van der Waals surface area contributed by atoms with Crippen LogP contribution in [0.15, 0.2) is 0 Å². The van der Waals surface area contributed by atoms with Gasteiger partial charge in [-0.2, -0.15) is 0 Å². The van der Waals surface area contributed by atoms with Crippen LogP contribution in [0.1, 0.15) is 39.5 Å². The first-order valence-electron chi connectivity index (χ1n) is 8.74. The fraction of sp³-hybridized carbons (Fsp3) is 0.765. The molecule has 0 aromatic heterocycles. The molecule has 0 aromatic rings. The van der Waals surface area contributed by atoms with Crippen LogP contribution in [0.5, 0.6) is 0 Å². The Balaban J connectivity index is 0. The SMILES string of the molecule is CCC(=O)NCCOC.COC(=O)NCCCCC(NC(=O)OC)C(C)=O. The van der Waals surface area contributed by atoms with Crippen molar-refractivity contribution in [1.29, 1.82) is 0 Å². The van der Waals surface area contributed by atoms with Crippen molar-refractivity contribution in [3.05, 3.63) is 0 Å². The summed E-state index contributed by atoms with van der Waals surface area (Å²) in [6, 6.07) is -0.546. The van der Waals surface area contributed by atoms with E-state index in [4.69, 9.17) is 4.74 Å². The predicted octanol–water partition coefficient (Wildman–Crippen LogP) is 0.985. The van der Waals surface area contributed by atoms with Crippen molar-refractivity contribution in [2.75, 3.05) is 41.0 Å². The van der Waals surface area contributed by atoms with E-state index in [1.54, 1.807) is 7.11 Å². The normalized spacial score (nSPS) is 10.6. The van der Waals surface area contributed by atoms with Crippen molar-refractivity contribution in [3.63, 3.8) is 0 Å². The molecule has 10 nitrogen and oxygen atoms in total. The zero-order valence-electron chi connectivity index (χ0n) is 16.9. The first-order chi connectivity index (χ1) is 12.8. The molecule has 0 heterocycles. The highest BCUT2D eigenvalue weighted by Crippen LogP contribution is 2.02. The summed E-state index contributed by atoms with van der Waals surface area (Å²) in [4.78, 5) is 43.5. The molecule has 1 atom stereocenters. The fourth-order valence-electron chi connectivity index (χ4n) is 1.73. The summed E-state index contributed by atoms with van der Waals surface area (Å²) >= 11 is 0. The fourth-order valence-corrected chi connectivity index (χ4v) is 1.73. The van der Waals surface area contributed by atoms with E-state index in [1.807, 2.05) is 6.92 Å². The van der Waals surface area contributed by atoms with Gasteiger partial charge in [0.2, 0.25) is 5.91 Å². The standard InChI is InChI=1S/C11H20N2O5.C6H13NO2/c1-8(14)9(13-11(16)18-3)6-4-5-7-12-10(15)17-2;1-3-6(8)7-4-5-9-2/h9H,4-7H2,1-3H3,(H,12,15)(H,13,16);3-5H2,1-2H3,(H,7,8). The third-order valence-corrected chi connectivity index (χ3v) is 3.29. The quantitative estimate of drug-likeness (QED) is 0.447. The smallest absolute Gasteiger partial charge is 0.407 e. The molecule has 158 valence electrons. The van der Waals surface area contributed by atoms with Gasteiger partial charge in [-0.15, -0.1) is 0 Å². The van der Waals surface area contributed by atoms with Gasteiger partial charge in [0.15, 0.2) is 5.78 Å². The third-order valence-electron chi connectivity index (χ3n) is 3.29. The molecule has 0 saturated heterocycles. The Morgan fingerprint density at radius 3 is 2.00 bits per heavy atom. The molecule has 0 saturated carbocycles. The van der Waals surface area contributed by atoms with E-state index in [0.717, 1.165) is 0 Å². The van der Waals surface area contributed by atoms with Crippen molar-refractivity contribution in [3.8, 4) is 0 Å². The van der Waals surface area contributed by atoms with Crippen molar-refractivity contribution < 1.29 is 33.4 Å². The van der Waals surface area contributed by atoms with Crippen LogP contribution in [-0.2, 0) is 23.8 Å². The Morgan fingerprint density at radius 1 is 0.889 bits per heavy atom. The summed E-state index contributed by atoms with van der Waals surface area (Å²) in [7, 11) is 4.15. The first kappa shape index (κ1) is 26.9. The molecule has 0 rings (SSSR count). The molecule has 10 heteroatoms. The second-order valence-corrected chi connectivity index (χ2v) is 5.41. The highest BCUT2D eigenvalue weighted by molar-refractivity contribution is 5.85. The Labute approximate surface area is 160 Å². The second-order valence-electron chi connectivity index (χ2n) is 5.41. The lowest BCUT2D eigenvalue weighted by Crippen LogP contribution is -2.39. The maximum atomic E-state index is 11.3. The molecule has 0 spiro atoms. The molecule has 0 aromatic carbocycles. The number of alkyl carbamates (subject to hydrolysis) is 2. The number of nitrogens with one attached hydrogen (secondary N) is 3. The number of ether oxygens (including phenoxy) is 3. The zero-order chi connectivity index (χ0) is 21.1. The minimum absolute atomic E-state index is 0.0760. The minimum Gasteiger partial charge on any atom is -0.453 e. The van der Waals surface area contributed by atoms with Gasteiger partial charge < -0.3 is 30.2 Å². The van der Waals surface area contributed by atoms with E-state index >= 15 is 0 Å². The summed E-state index contributed by atoms with van der Waals surface area (Å²) in [5, 5.41) is 7.65. The number of Topliss-reactive ketones (excluding diaryl/α,β-unsaturated/α-hetero) is 1. The number of carbonyl (C=O) groups excluding carboxylic acids is 4. The van der Waals surface area contributed by atoms with Gasteiger partial charge in [-0.3, -0.25) is 9.59 Å². The second kappa shape index (κ2) is 18.4. The number of methoxy groups -OCH3 is 3. The van der Waals surface area contributed by atoms with Crippen LogP contribution < -0.4 is 16.0 Å². The van der Waals surface area contributed by atoms with Gasteiger partial charge in [0, 0.05) is 26.6 Å². The van der Waals surface area contributed by atoms with E-state index in [9.17, 15) is 19.2 Å². The van der Waals surface area contributed by atoms with Crippen molar-refractivity contribution in [2.24, 2.45) is 0 Å². The Bertz CT molecular complexity index is 444. The van der Waals surface area contributed by atoms with E-state index in [0.29, 0.717) is 45.4 Å². The van der Waals surface area contributed by atoms with Gasteiger partial charge in [-0.05, 0) is 26.2 Å². The average molecular weight is 391 g/mol. The minimum atomic E-state index is -0.622. The van der Waals surface area contributed by atoms with Crippen molar-refractivity contribution in [1.82, 2.24) is 16.0 Å². The summed E-state index contributed by atoms with van der Waals surface area (Å²) in [5.74, 6) is -0.0478. The molecule has 3 N–H and O–H groups in total. The van der Waals surface area contributed by atoms with Gasteiger partial charge in [-0.25, -0.2) is 9.59 Å². The summed E-state index contributed by atoms with van der Waals surface area (Å²) in [6.07, 6.45) is 1.34. The largest absolute Gasteiger partial charge is 0.453 e. The number of ketones is 1. The Morgan fingerprint density at radius 2 is 1.52 bits per heavy atom. The zero-order valence-corrected chi connectivity index (χ0v) is 16.9. The molecular weight excluding hydrogens is 358 g/mol. The number of amides is 3. The number of rotatable bonds is 11. The summed E-state index contributed by atoms with van der Waals surface area (Å²) in [6.45, 7) is 4.90. The lowest BCUT2D eigenvalue weighted by Gasteiger charge is -2.14. The van der Waals surface area contributed by atoms with Crippen LogP contribution in [0.25, 0.3) is 0 Å². The molecule has 3 amide bonds. The molecule has 0 fully saturated rings. The van der Waals surface area contributed by atoms with Gasteiger partial charge >= 0.3 is 12.2 Å². The van der Waals surface area contributed by atoms with Crippen LogP contribution in [0.3, 0.4) is 0 Å². The lowest BCUT2D eigenvalue weighted by molar-refractivity contribution is -0.121. The number of hydrogen-bond donors (Lipinski definition) is 3. The molecular formula is C17H33N3O7. The van der Waals surface area contributed by atoms with Crippen LogP contribution in [0.2, 0.25) is 0 Å². The van der Waals surface area contributed by atoms with Crippen molar-refractivity contribution in [2.45, 2.75) is 45.6 Å². The number of unbranched alkanes of at least 4 members (excludes halogenated alkanes) is 1. The van der Waals surface area contributed by atoms with Gasteiger partial charge in [0.25, 0.3) is 0 Å². The average Bonchev–Trinajstić information content (AvgIpc) is 2.66. The molecule has 27 heavy (non-hydrogen) atoms. The highest BCUT2D eigenvalue weighted by atomic mass is 16.5. The van der Waals surface area contributed by atoms with Crippen molar-refractivity contribution >= 4 is 23.9 Å². The lowest BCUT2D eigenvalue weighted by atomic mass is 10.1. The van der Waals surface area contributed by atoms with Crippen LogP contribution in [0.4, 0.5) is 9.59 Å². The molecule has 0 aliphatic heterocycles. The summed E-state index contributed by atoms with van der Waals surface area (Å²) < 4.78 is 13.6. The molecule has 0 radical (unpaired) electrons. The monoisotopic (exact) mass is 391 g/mol. The van der Waals surface area contributed by atoms with E-state index in [-0.39, 0.29) is 11.7 Å². The van der Waals surface area contributed by atoms with Gasteiger partial charge in [-0.1, -0.05) is 6.92 Å². The van der Waals surface area contributed by atoms with E-state index in [1.165, 1.54) is 21.1 Å². The molecule has 1 unspecified atom stereocenters. The predicted molar refractivity (Wildman–Crippen MR) is 99.4 cm³/mol. The molecule has 0 aliphatic carbocycles.